The van der Waals surface area contributed by atoms with Crippen molar-refractivity contribution in [1.29, 1.82) is 0 Å². The third-order valence-corrected chi connectivity index (χ3v) is 3.24. The Hall–Kier alpha value is -2.10. The summed E-state index contributed by atoms with van der Waals surface area (Å²) in [4.78, 5) is 0. The lowest BCUT2D eigenvalue weighted by molar-refractivity contribution is 0.414. The Labute approximate surface area is 117 Å². The van der Waals surface area contributed by atoms with Crippen molar-refractivity contribution in [2.45, 2.75) is 19.9 Å². The smallest absolute Gasteiger partial charge is 0.146 e. The van der Waals surface area contributed by atoms with Crippen molar-refractivity contribution in [1.82, 2.24) is 0 Å². The molecule has 0 saturated carbocycles. The van der Waals surface area contributed by atoms with Gasteiger partial charge in [-0.15, -0.1) is 0 Å². The van der Waals surface area contributed by atoms with Crippen molar-refractivity contribution >= 4 is 5.69 Å². The van der Waals surface area contributed by atoms with E-state index in [1.54, 1.807) is 7.11 Å². The Morgan fingerprint density at radius 3 is 2.30 bits per heavy atom. The quantitative estimate of drug-likeness (QED) is 0.891. The SMILES string of the molecule is COc1ccc(C(C)Nc2cc(F)c(C)cc2F)cc1. The predicted molar refractivity (Wildman–Crippen MR) is 76.1 cm³/mol. The van der Waals surface area contributed by atoms with Crippen molar-refractivity contribution in [3.63, 3.8) is 0 Å². The van der Waals surface area contributed by atoms with Crippen LogP contribution in [0.4, 0.5) is 14.5 Å². The maximum absolute atomic E-state index is 13.8. The highest BCUT2D eigenvalue weighted by Crippen LogP contribution is 2.25. The predicted octanol–water partition coefficient (Wildman–Crippen LogP) is 4.45. The number of anilines is 1. The third kappa shape index (κ3) is 3.07. The normalized spacial score (nSPS) is 12.1. The second-order valence-corrected chi connectivity index (χ2v) is 4.72. The fraction of sp³-hybridized carbons (Fsp3) is 0.250. The number of methoxy groups -OCH3 is 1. The van der Waals surface area contributed by atoms with Crippen LogP contribution in [0.2, 0.25) is 0 Å². The van der Waals surface area contributed by atoms with Crippen LogP contribution in [0.15, 0.2) is 36.4 Å². The van der Waals surface area contributed by atoms with Crippen LogP contribution in [-0.2, 0) is 0 Å². The van der Waals surface area contributed by atoms with E-state index in [9.17, 15) is 8.78 Å². The molecule has 0 aliphatic rings. The average molecular weight is 277 g/mol. The summed E-state index contributed by atoms with van der Waals surface area (Å²) < 4.78 is 32.3. The number of nitrogens with one attached hydrogen (secondary N) is 1. The van der Waals surface area contributed by atoms with E-state index in [0.29, 0.717) is 5.56 Å². The Kier molecular flexibility index (Phi) is 4.23. The van der Waals surface area contributed by atoms with E-state index >= 15 is 0 Å². The molecule has 2 aromatic rings. The van der Waals surface area contributed by atoms with Gasteiger partial charge in [-0.05, 0) is 43.2 Å². The van der Waals surface area contributed by atoms with Crippen molar-refractivity contribution in [2.75, 3.05) is 12.4 Å². The number of hydrogen-bond acceptors (Lipinski definition) is 2. The lowest BCUT2D eigenvalue weighted by atomic mass is 10.1. The fourth-order valence-electron chi connectivity index (χ4n) is 1.97. The lowest BCUT2D eigenvalue weighted by Gasteiger charge is -2.17. The molecular weight excluding hydrogens is 260 g/mol. The molecule has 0 fully saturated rings. The molecule has 0 aliphatic heterocycles. The van der Waals surface area contributed by atoms with Crippen LogP contribution in [0.1, 0.15) is 24.1 Å². The summed E-state index contributed by atoms with van der Waals surface area (Å²) in [5, 5.41) is 2.98. The number of halogens is 2. The molecule has 0 bridgehead atoms. The van der Waals surface area contributed by atoms with E-state index in [-0.39, 0.29) is 11.7 Å². The van der Waals surface area contributed by atoms with Gasteiger partial charge in [-0.2, -0.15) is 0 Å². The van der Waals surface area contributed by atoms with E-state index in [0.717, 1.165) is 11.3 Å². The van der Waals surface area contributed by atoms with Gasteiger partial charge in [-0.3, -0.25) is 0 Å². The summed E-state index contributed by atoms with van der Waals surface area (Å²) >= 11 is 0. The molecule has 20 heavy (non-hydrogen) atoms. The Balaban J connectivity index is 2.18. The van der Waals surface area contributed by atoms with E-state index < -0.39 is 11.6 Å². The Morgan fingerprint density at radius 2 is 1.70 bits per heavy atom. The van der Waals surface area contributed by atoms with Gasteiger partial charge in [0.1, 0.15) is 17.4 Å². The zero-order valence-corrected chi connectivity index (χ0v) is 11.7. The lowest BCUT2D eigenvalue weighted by Crippen LogP contribution is -2.08. The van der Waals surface area contributed by atoms with Crippen molar-refractivity contribution in [3.05, 3.63) is 59.2 Å². The largest absolute Gasteiger partial charge is 0.497 e. The zero-order valence-electron chi connectivity index (χ0n) is 11.7. The standard InChI is InChI=1S/C16H17F2NO/c1-10-8-15(18)16(9-14(10)17)19-11(2)12-4-6-13(20-3)7-5-12/h4-9,11,19H,1-3H3. The maximum Gasteiger partial charge on any atom is 0.146 e. The molecule has 0 spiro atoms. The highest BCUT2D eigenvalue weighted by atomic mass is 19.1. The molecule has 0 heterocycles. The summed E-state index contributed by atoms with van der Waals surface area (Å²) in [6, 6.07) is 9.68. The van der Waals surface area contributed by atoms with Crippen LogP contribution in [0, 0.1) is 18.6 Å². The zero-order chi connectivity index (χ0) is 14.7. The van der Waals surface area contributed by atoms with Crippen LogP contribution in [0.3, 0.4) is 0 Å². The molecular formula is C16H17F2NO. The van der Waals surface area contributed by atoms with Gasteiger partial charge in [0.05, 0.1) is 12.8 Å². The van der Waals surface area contributed by atoms with Gasteiger partial charge in [-0.25, -0.2) is 8.78 Å². The number of rotatable bonds is 4. The second-order valence-electron chi connectivity index (χ2n) is 4.72. The van der Waals surface area contributed by atoms with E-state index in [2.05, 4.69) is 5.32 Å². The van der Waals surface area contributed by atoms with Gasteiger partial charge in [0.2, 0.25) is 0 Å². The molecule has 2 nitrogen and oxygen atoms in total. The minimum absolute atomic E-state index is 0.141. The van der Waals surface area contributed by atoms with Crippen LogP contribution >= 0.6 is 0 Å². The minimum Gasteiger partial charge on any atom is -0.497 e. The van der Waals surface area contributed by atoms with Gasteiger partial charge in [0.25, 0.3) is 0 Å². The minimum atomic E-state index is -0.454. The van der Waals surface area contributed by atoms with Gasteiger partial charge in [-0.1, -0.05) is 12.1 Å². The van der Waals surface area contributed by atoms with E-state index in [1.165, 1.54) is 19.1 Å². The molecule has 0 aliphatic carbocycles. The van der Waals surface area contributed by atoms with Gasteiger partial charge < -0.3 is 10.1 Å². The molecule has 106 valence electrons. The molecule has 4 heteroatoms. The third-order valence-electron chi connectivity index (χ3n) is 3.24. The van der Waals surface area contributed by atoms with Crippen LogP contribution < -0.4 is 10.1 Å². The first-order chi connectivity index (χ1) is 9.51. The summed E-state index contributed by atoms with van der Waals surface area (Å²) in [5.41, 5.74) is 1.42. The van der Waals surface area contributed by atoms with E-state index in [1.807, 2.05) is 31.2 Å². The molecule has 1 atom stereocenters. The number of hydrogen-bond donors (Lipinski definition) is 1. The molecule has 0 aromatic heterocycles. The monoisotopic (exact) mass is 277 g/mol. The Bertz CT molecular complexity index is 596. The van der Waals surface area contributed by atoms with Crippen LogP contribution in [0.5, 0.6) is 5.75 Å². The van der Waals surface area contributed by atoms with Crippen LogP contribution in [0.25, 0.3) is 0 Å². The molecule has 2 rings (SSSR count). The summed E-state index contributed by atoms with van der Waals surface area (Å²) in [6.45, 7) is 3.42. The van der Waals surface area contributed by atoms with Gasteiger partial charge in [0, 0.05) is 12.1 Å². The van der Waals surface area contributed by atoms with Crippen molar-refractivity contribution in [2.24, 2.45) is 0 Å². The first kappa shape index (κ1) is 14.3. The molecule has 0 amide bonds. The number of aryl methyl sites for hydroxylation is 1. The maximum atomic E-state index is 13.8. The topological polar surface area (TPSA) is 21.3 Å². The Morgan fingerprint density at radius 1 is 1.05 bits per heavy atom. The number of ether oxygens (including phenoxy) is 1. The van der Waals surface area contributed by atoms with Gasteiger partial charge >= 0.3 is 0 Å². The summed E-state index contributed by atoms with van der Waals surface area (Å²) in [7, 11) is 1.60. The molecule has 2 aromatic carbocycles. The van der Waals surface area contributed by atoms with Gasteiger partial charge in [0.15, 0.2) is 0 Å². The average Bonchev–Trinajstić information content (AvgIpc) is 2.44. The molecule has 1 N–H and O–H groups in total. The summed E-state index contributed by atoms with van der Waals surface area (Å²) in [5.74, 6) is -0.117. The van der Waals surface area contributed by atoms with Crippen LogP contribution in [-0.4, -0.2) is 7.11 Å². The molecule has 0 radical (unpaired) electrons. The van der Waals surface area contributed by atoms with E-state index in [4.69, 9.17) is 4.74 Å². The highest BCUT2D eigenvalue weighted by molar-refractivity contribution is 5.49. The summed E-state index contributed by atoms with van der Waals surface area (Å²) in [6.07, 6.45) is 0. The first-order valence-electron chi connectivity index (χ1n) is 6.37. The molecule has 1 unspecified atom stereocenters. The van der Waals surface area contributed by atoms with Crippen molar-refractivity contribution in [3.8, 4) is 5.75 Å². The highest BCUT2D eigenvalue weighted by Gasteiger charge is 2.11. The molecule has 0 saturated heterocycles. The number of benzene rings is 2. The fourth-order valence-corrected chi connectivity index (χ4v) is 1.97. The first-order valence-corrected chi connectivity index (χ1v) is 6.37. The second kappa shape index (κ2) is 5.90. The van der Waals surface area contributed by atoms with Crippen molar-refractivity contribution < 1.29 is 13.5 Å².